The highest BCUT2D eigenvalue weighted by Gasteiger charge is 2.03. The number of anilines is 1. The van der Waals surface area contributed by atoms with Crippen molar-refractivity contribution in [3.63, 3.8) is 0 Å². The van der Waals surface area contributed by atoms with Crippen LogP contribution in [0.1, 0.15) is 22.8 Å². The van der Waals surface area contributed by atoms with Gasteiger partial charge in [0.1, 0.15) is 0 Å². The van der Waals surface area contributed by atoms with E-state index in [9.17, 15) is 4.79 Å². The van der Waals surface area contributed by atoms with Gasteiger partial charge in [-0.05, 0) is 24.6 Å². The van der Waals surface area contributed by atoms with E-state index in [0.29, 0.717) is 17.0 Å². The van der Waals surface area contributed by atoms with Crippen LogP contribution in [0, 0.1) is 0 Å². The lowest BCUT2D eigenvalue weighted by molar-refractivity contribution is 0.101. The molecule has 0 heterocycles. The van der Waals surface area contributed by atoms with E-state index in [0.717, 1.165) is 5.56 Å². The molecule has 74 valence electrons. The van der Waals surface area contributed by atoms with Gasteiger partial charge >= 0.3 is 0 Å². The van der Waals surface area contributed by atoms with Gasteiger partial charge in [0, 0.05) is 17.0 Å². The Hall–Kier alpha value is -1.22. The van der Waals surface area contributed by atoms with E-state index < -0.39 is 0 Å². The third-order valence-corrected chi connectivity index (χ3v) is 2.08. The second kappa shape index (κ2) is 4.86. The fourth-order valence-electron chi connectivity index (χ4n) is 1.17. The maximum atomic E-state index is 11.2. The molecule has 1 aromatic carbocycles. The Morgan fingerprint density at radius 2 is 2.29 bits per heavy atom. The van der Waals surface area contributed by atoms with Crippen LogP contribution in [0.5, 0.6) is 0 Å². The highest BCUT2D eigenvalue weighted by molar-refractivity contribution is 7.80. The van der Waals surface area contributed by atoms with Crippen molar-refractivity contribution in [2.24, 2.45) is 0 Å². The van der Waals surface area contributed by atoms with E-state index in [1.165, 1.54) is 6.92 Å². The molecule has 0 aliphatic rings. The van der Waals surface area contributed by atoms with E-state index in [2.05, 4.69) is 12.6 Å². The summed E-state index contributed by atoms with van der Waals surface area (Å²) in [6.45, 7) is 1.51. The number of carbonyl (C=O) groups is 1. The topological polar surface area (TPSA) is 43.1 Å². The molecular weight excluding hydrogens is 194 g/mol. The number of hydrogen-bond donors (Lipinski definition) is 2. The largest absolute Gasteiger partial charge is 0.398 e. The molecule has 3 heteroatoms. The van der Waals surface area contributed by atoms with Crippen molar-refractivity contribution in [1.29, 1.82) is 0 Å². The molecule has 0 spiro atoms. The highest BCUT2D eigenvalue weighted by Crippen LogP contribution is 2.15. The zero-order valence-electron chi connectivity index (χ0n) is 8.03. The summed E-state index contributed by atoms with van der Waals surface area (Å²) in [6.07, 6.45) is 3.83. The van der Waals surface area contributed by atoms with Crippen LogP contribution in [0.2, 0.25) is 0 Å². The standard InChI is InChI=1S/C11H13NOS/c1-8(13)10-7-9(3-2-6-14)4-5-11(10)12/h2-5,7,14H,6,12H2,1H3. The fourth-order valence-corrected chi connectivity index (χ4v) is 1.28. The molecule has 1 aromatic rings. The molecule has 0 aliphatic heterocycles. The van der Waals surface area contributed by atoms with Crippen molar-refractivity contribution in [2.45, 2.75) is 6.92 Å². The summed E-state index contributed by atoms with van der Waals surface area (Å²) in [6, 6.07) is 5.41. The Balaban J connectivity index is 3.06. The summed E-state index contributed by atoms with van der Waals surface area (Å²) in [5.41, 5.74) is 7.73. The fraction of sp³-hybridized carbons (Fsp3) is 0.182. The van der Waals surface area contributed by atoms with Crippen LogP contribution >= 0.6 is 12.6 Å². The molecule has 0 saturated carbocycles. The van der Waals surface area contributed by atoms with Crippen molar-refractivity contribution in [2.75, 3.05) is 11.5 Å². The molecule has 1 rings (SSSR count). The molecule has 2 N–H and O–H groups in total. The molecule has 2 nitrogen and oxygen atoms in total. The average Bonchev–Trinajstić information content (AvgIpc) is 2.16. The zero-order chi connectivity index (χ0) is 10.6. The van der Waals surface area contributed by atoms with Crippen LogP contribution in [0.25, 0.3) is 6.08 Å². The Bertz CT molecular complexity index is 372. The minimum atomic E-state index is -0.0105. The van der Waals surface area contributed by atoms with Crippen molar-refractivity contribution < 1.29 is 4.79 Å². The lowest BCUT2D eigenvalue weighted by Gasteiger charge is -2.02. The van der Waals surface area contributed by atoms with Crippen LogP contribution in [0.3, 0.4) is 0 Å². The summed E-state index contributed by atoms with van der Waals surface area (Å²) < 4.78 is 0. The number of nitrogen functional groups attached to an aromatic ring is 1. The minimum Gasteiger partial charge on any atom is -0.398 e. The quantitative estimate of drug-likeness (QED) is 0.454. The molecule has 0 amide bonds. The van der Waals surface area contributed by atoms with Gasteiger partial charge in [0.2, 0.25) is 0 Å². The summed E-state index contributed by atoms with van der Waals surface area (Å²) in [7, 11) is 0. The van der Waals surface area contributed by atoms with Crippen LogP contribution < -0.4 is 5.73 Å². The molecule has 14 heavy (non-hydrogen) atoms. The first kappa shape index (κ1) is 10.9. The Labute approximate surface area is 89.2 Å². The molecule has 0 aromatic heterocycles. The van der Waals surface area contributed by atoms with Crippen molar-refractivity contribution in [3.05, 3.63) is 35.4 Å². The smallest absolute Gasteiger partial charge is 0.161 e. The average molecular weight is 207 g/mol. The van der Waals surface area contributed by atoms with Gasteiger partial charge in [-0.3, -0.25) is 4.79 Å². The minimum absolute atomic E-state index is 0.0105. The molecule has 0 saturated heterocycles. The van der Waals surface area contributed by atoms with E-state index in [1.807, 2.05) is 18.2 Å². The number of nitrogens with two attached hydrogens (primary N) is 1. The third kappa shape index (κ3) is 2.64. The molecule has 0 bridgehead atoms. The number of Topliss-reactive ketones (excluding diaryl/α,β-unsaturated/α-hetero) is 1. The van der Waals surface area contributed by atoms with Crippen LogP contribution in [-0.2, 0) is 0 Å². The number of ketones is 1. The summed E-state index contributed by atoms with van der Waals surface area (Å²) >= 11 is 4.06. The zero-order valence-corrected chi connectivity index (χ0v) is 8.92. The second-order valence-corrected chi connectivity index (χ2v) is 3.35. The van der Waals surface area contributed by atoms with Crippen LogP contribution in [0.15, 0.2) is 24.3 Å². The molecule has 0 radical (unpaired) electrons. The van der Waals surface area contributed by atoms with Crippen molar-refractivity contribution >= 4 is 30.2 Å². The first-order valence-electron chi connectivity index (χ1n) is 4.33. The Kier molecular flexibility index (Phi) is 3.77. The maximum absolute atomic E-state index is 11.2. The van der Waals surface area contributed by atoms with Crippen molar-refractivity contribution in [1.82, 2.24) is 0 Å². The van der Waals surface area contributed by atoms with E-state index in [1.54, 1.807) is 12.1 Å². The van der Waals surface area contributed by atoms with Gasteiger partial charge in [-0.1, -0.05) is 18.2 Å². The van der Waals surface area contributed by atoms with E-state index in [-0.39, 0.29) is 5.78 Å². The molecule has 0 atom stereocenters. The van der Waals surface area contributed by atoms with Gasteiger partial charge in [0.05, 0.1) is 0 Å². The van der Waals surface area contributed by atoms with Gasteiger partial charge in [-0.15, -0.1) is 0 Å². The molecular formula is C11H13NOS. The van der Waals surface area contributed by atoms with Gasteiger partial charge in [0.25, 0.3) is 0 Å². The first-order valence-corrected chi connectivity index (χ1v) is 4.96. The van der Waals surface area contributed by atoms with Gasteiger partial charge in [0.15, 0.2) is 5.78 Å². The molecule has 0 unspecified atom stereocenters. The van der Waals surface area contributed by atoms with Crippen LogP contribution in [-0.4, -0.2) is 11.5 Å². The van der Waals surface area contributed by atoms with E-state index >= 15 is 0 Å². The normalized spacial score (nSPS) is 10.7. The Morgan fingerprint density at radius 3 is 2.86 bits per heavy atom. The summed E-state index contributed by atoms with van der Waals surface area (Å²) in [4.78, 5) is 11.2. The second-order valence-electron chi connectivity index (χ2n) is 2.99. The highest BCUT2D eigenvalue weighted by atomic mass is 32.1. The number of carbonyl (C=O) groups excluding carboxylic acids is 1. The SMILES string of the molecule is CC(=O)c1cc(C=CCS)ccc1N. The predicted octanol–water partition coefficient (Wildman–Crippen LogP) is 2.41. The van der Waals surface area contributed by atoms with Gasteiger partial charge < -0.3 is 5.73 Å². The first-order chi connectivity index (χ1) is 6.65. The lowest BCUT2D eigenvalue weighted by atomic mass is 10.1. The molecule has 0 fully saturated rings. The molecule has 0 aliphatic carbocycles. The number of hydrogen-bond acceptors (Lipinski definition) is 3. The lowest BCUT2D eigenvalue weighted by Crippen LogP contribution is -1.99. The number of benzene rings is 1. The monoisotopic (exact) mass is 207 g/mol. The van der Waals surface area contributed by atoms with Gasteiger partial charge in [-0.25, -0.2) is 0 Å². The number of rotatable bonds is 3. The predicted molar refractivity (Wildman–Crippen MR) is 63.7 cm³/mol. The van der Waals surface area contributed by atoms with Crippen LogP contribution in [0.4, 0.5) is 5.69 Å². The third-order valence-electron chi connectivity index (χ3n) is 1.87. The number of thiol groups is 1. The van der Waals surface area contributed by atoms with E-state index in [4.69, 9.17) is 5.73 Å². The van der Waals surface area contributed by atoms with Gasteiger partial charge in [-0.2, -0.15) is 12.6 Å². The Morgan fingerprint density at radius 1 is 1.57 bits per heavy atom. The van der Waals surface area contributed by atoms with Crippen molar-refractivity contribution in [3.8, 4) is 0 Å². The maximum Gasteiger partial charge on any atom is 0.161 e. The summed E-state index contributed by atoms with van der Waals surface area (Å²) in [5, 5.41) is 0. The summed E-state index contributed by atoms with van der Waals surface area (Å²) in [5.74, 6) is 0.670.